The summed E-state index contributed by atoms with van der Waals surface area (Å²) in [5.41, 5.74) is 4.45. The summed E-state index contributed by atoms with van der Waals surface area (Å²) in [5.74, 6) is 1.60. The molecule has 10 heteroatoms. The number of methoxy groups -OCH3 is 1. The fraction of sp³-hybridized carbons (Fsp3) is 0.440. The molecule has 10 nitrogen and oxygen atoms in total. The first-order valence-electron chi connectivity index (χ1n) is 21.8. The summed E-state index contributed by atoms with van der Waals surface area (Å²) in [7, 11) is 1.67. The molecule has 5 N–H and O–H groups in total. The Morgan fingerprint density at radius 1 is 0.667 bits per heavy atom. The molecule has 60 heavy (non-hydrogen) atoms. The first-order valence-corrected chi connectivity index (χ1v) is 21.8. The van der Waals surface area contributed by atoms with Gasteiger partial charge in [-0.05, 0) is 142 Å². The summed E-state index contributed by atoms with van der Waals surface area (Å²) in [6.07, 6.45) is 8.51. The van der Waals surface area contributed by atoms with Crippen LogP contribution in [0.1, 0.15) is 105 Å². The average Bonchev–Trinajstić information content (AvgIpc) is 3.76. The van der Waals surface area contributed by atoms with Crippen LogP contribution in [0.15, 0.2) is 78.9 Å². The van der Waals surface area contributed by atoms with Crippen molar-refractivity contribution < 1.29 is 49.2 Å². The molecule has 0 amide bonds. The number of aliphatic hydroxyl groups is 2. The number of aromatic hydroxyl groups is 3. The van der Waals surface area contributed by atoms with Gasteiger partial charge in [0.1, 0.15) is 46.4 Å². The number of phenols is 3. The fourth-order valence-electron chi connectivity index (χ4n) is 10.2. The zero-order chi connectivity index (χ0) is 41.3. The second-order valence-corrected chi connectivity index (χ2v) is 17.2. The molecule has 0 radical (unpaired) electrons. The van der Waals surface area contributed by atoms with Crippen LogP contribution < -0.4 is 18.9 Å². The van der Waals surface area contributed by atoms with Crippen molar-refractivity contribution in [1.82, 2.24) is 0 Å². The van der Waals surface area contributed by atoms with Gasteiger partial charge in [-0.25, -0.2) is 0 Å². The van der Waals surface area contributed by atoms with Crippen LogP contribution >= 0.6 is 0 Å². The standard InChI is InChI=1S/C50H56O10/c1-56-20-8-15-44-46(48(55)42-27-45(59-36-11-3-2-4-12-36)40-25-34(53)17-19-39(40)50(42)60-44)43-28-57-49-31(24-37(26-41(49)47(43)54)58-35-13-5-6-14-35)21-30-23-33(52)16-18-38(30)29-9-7-10-32(51)22-29/h7,9-10,16-19,22-27,35-36,43-44,46-48,51-55H,2-6,8,11-15,20-21,28H2,1H3/t43-,44-,46+,47+,48-/m0/s1. The van der Waals surface area contributed by atoms with E-state index in [0.29, 0.717) is 60.0 Å². The number of aliphatic hydroxyl groups excluding tert-OH is 2. The third-order valence-corrected chi connectivity index (χ3v) is 13.2. The van der Waals surface area contributed by atoms with Crippen LogP contribution in [0.25, 0.3) is 21.9 Å². The van der Waals surface area contributed by atoms with Crippen molar-refractivity contribution in [2.75, 3.05) is 20.3 Å². The molecular formula is C50H56O10. The van der Waals surface area contributed by atoms with E-state index in [2.05, 4.69) is 0 Å². The minimum Gasteiger partial charge on any atom is -0.508 e. The highest BCUT2D eigenvalue weighted by molar-refractivity contribution is 5.96. The lowest BCUT2D eigenvalue weighted by Gasteiger charge is -2.45. The van der Waals surface area contributed by atoms with E-state index in [1.54, 1.807) is 49.6 Å². The molecule has 5 aromatic carbocycles. The third-order valence-electron chi connectivity index (χ3n) is 13.2. The highest BCUT2D eigenvalue weighted by Gasteiger charge is 2.48. The van der Waals surface area contributed by atoms with Gasteiger partial charge in [0, 0.05) is 59.4 Å². The maximum absolute atomic E-state index is 12.6. The fourth-order valence-corrected chi connectivity index (χ4v) is 10.2. The molecule has 0 unspecified atom stereocenters. The van der Waals surface area contributed by atoms with E-state index in [9.17, 15) is 25.5 Å². The van der Waals surface area contributed by atoms with Crippen molar-refractivity contribution in [2.24, 2.45) is 11.8 Å². The van der Waals surface area contributed by atoms with E-state index < -0.39 is 30.1 Å². The molecule has 5 aromatic rings. The number of phenolic OH excluding ortho intramolecular Hbond substituents is 3. The molecule has 2 aliphatic heterocycles. The summed E-state index contributed by atoms with van der Waals surface area (Å²) in [4.78, 5) is 0. The van der Waals surface area contributed by atoms with Crippen molar-refractivity contribution in [3.63, 3.8) is 0 Å². The maximum atomic E-state index is 12.6. The molecule has 2 heterocycles. The van der Waals surface area contributed by atoms with Gasteiger partial charge in [0.05, 0.1) is 31.0 Å². The Labute approximate surface area is 351 Å². The van der Waals surface area contributed by atoms with Gasteiger partial charge in [-0.2, -0.15) is 0 Å². The van der Waals surface area contributed by atoms with E-state index in [0.717, 1.165) is 84.4 Å². The second-order valence-electron chi connectivity index (χ2n) is 17.2. The SMILES string of the molecule is COCCC[C@@H]1Oc2c(cc(OC3CCCCC3)c3cc(O)ccc23)[C@H](O)[C@@H]1[C@@H]1COc2c(Cc3cc(O)ccc3-c3cccc(O)c3)cc(OC3CCCC3)cc2[C@H]1O. The van der Waals surface area contributed by atoms with Crippen LogP contribution in [-0.2, 0) is 11.2 Å². The van der Waals surface area contributed by atoms with E-state index >= 15 is 0 Å². The summed E-state index contributed by atoms with van der Waals surface area (Å²) in [6.45, 7) is 0.632. The van der Waals surface area contributed by atoms with Crippen LogP contribution in [0, 0.1) is 11.8 Å². The number of benzene rings is 5. The molecule has 9 rings (SSSR count). The van der Waals surface area contributed by atoms with Crippen molar-refractivity contribution in [2.45, 2.75) is 108 Å². The Bertz CT molecular complexity index is 2310. The van der Waals surface area contributed by atoms with Crippen molar-refractivity contribution in [3.05, 3.63) is 101 Å². The van der Waals surface area contributed by atoms with Crippen LogP contribution in [-0.4, -0.2) is 64.2 Å². The summed E-state index contributed by atoms with van der Waals surface area (Å²) in [5, 5.41) is 58.4. The van der Waals surface area contributed by atoms with Crippen molar-refractivity contribution in [3.8, 4) is 51.4 Å². The first-order chi connectivity index (χ1) is 29.2. The molecule has 5 atom stereocenters. The lowest BCUT2D eigenvalue weighted by molar-refractivity contribution is -0.0884. The van der Waals surface area contributed by atoms with Crippen molar-refractivity contribution >= 4 is 10.8 Å². The van der Waals surface area contributed by atoms with E-state index in [4.69, 9.17) is 23.7 Å². The second kappa shape index (κ2) is 17.4. The van der Waals surface area contributed by atoms with Gasteiger partial charge in [-0.3, -0.25) is 0 Å². The molecule has 0 saturated heterocycles. The summed E-state index contributed by atoms with van der Waals surface area (Å²) in [6, 6.07) is 23.2. The largest absolute Gasteiger partial charge is 0.508 e. The Hall–Kier alpha value is -5.16. The zero-order valence-electron chi connectivity index (χ0n) is 34.2. The molecule has 2 saturated carbocycles. The normalized spacial score (nSPS) is 23.1. The van der Waals surface area contributed by atoms with Gasteiger partial charge in [0.15, 0.2) is 0 Å². The maximum Gasteiger partial charge on any atom is 0.133 e. The highest BCUT2D eigenvalue weighted by Crippen LogP contribution is 2.54. The molecule has 316 valence electrons. The lowest BCUT2D eigenvalue weighted by Crippen LogP contribution is -2.46. The van der Waals surface area contributed by atoms with Gasteiger partial charge < -0.3 is 49.2 Å². The van der Waals surface area contributed by atoms with Crippen LogP contribution in [0.2, 0.25) is 0 Å². The van der Waals surface area contributed by atoms with Crippen molar-refractivity contribution in [1.29, 1.82) is 0 Å². The topological polar surface area (TPSA) is 147 Å². The molecule has 0 spiro atoms. The smallest absolute Gasteiger partial charge is 0.133 e. The first kappa shape index (κ1) is 40.3. The molecule has 2 fully saturated rings. The monoisotopic (exact) mass is 816 g/mol. The summed E-state index contributed by atoms with van der Waals surface area (Å²) >= 11 is 0. The average molecular weight is 817 g/mol. The molecular weight excluding hydrogens is 761 g/mol. The number of ether oxygens (including phenoxy) is 5. The Morgan fingerprint density at radius 3 is 2.17 bits per heavy atom. The number of hydrogen-bond donors (Lipinski definition) is 5. The molecule has 2 aliphatic carbocycles. The Kier molecular flexibility index (Phi) is 11.7. The van der Waals surface area contributed by atoms with E-state index in [1.807, 2.05) is 36.4 Å². The third kappa shape index (κ3) is 8.17. The lowest BCUT2D eigenvalue weighted by atomic mass is 9.72. The Balaban J connectivity index is 1.10. The van der Waals surface area contributed by atoms with E-state index in [-0.39, 0.29) is 36.1 Å². The molecule has 0 bridgehead atoms. The van der Waals surface area contributed by atoms with Gasteiger partial charge >= 0.3 is 0 Å². The van der Waals surface area contributed by atoms with Crippen LogP contribution in [0.4, 0.5) is 0 Å². The van der Waals surface area contributed by atoms with E-state index in [1.165, 1.54) is 6.42 Å². The minimum absolute atomic E-state index is 0.0391. The number of rotatable bonds is 12. The van der Waals surface area contributed by atoms with Gasteiger partial charge in [-0.15, -0.1) is 0 Å². The molecule has 4 aliphatic rings. The molecule has 0 aromatic heterocycles. The zero-order valence-corrected chi connectivity index (χ0v) is 34.2. The van der Waals surface area contributed by atoms with Crippen LogP contribution in [0.5, 0.6) is 40.2 Å². The quantitative estimate of drug-likeness (QED) is 0.0771. The highest BCUT2D eigenvalue weighted by atomic mass is 16.5. The van der Waals surface area contributed by atoms with Gasteiger partial charge in [0.2, 0.25) is 0 Å². The summed E-state index contributed by atoms with van der Waals surface area (Å²) < 4.78 is 32.4. The predicted octanol–water partition coefficient (Wildman–Crippen LogP) is 9.83. The van der Waals surface area contributed by atoms with Crippen LogP contribution in [0.3, 0.4) is 0 Å². The van der Waals surface area contributed by atoms with Gasteiger partial charge in [-0.1, -0.05) is 24.6 Å². The number of hydrogen-bond acceptors (Lipinski definition) is 10. The number of fused-ring (bicyclic) bond motifs is 4. The Morgan fingerprint density at radius 2 is 1.38 bits per heavy atom. The van der Waals surface area contributed by atoms with Gasteiger partial charge in [0.25, 0.3) is 0 Å². The minimum atomic E-state index is -1.04. The predicted molar refractivity (Wildman–Crippen MR) is 228 cm³/mol.